The van der Waals surface area contributed by atoms with Crippen molar-refractivity contribution in [2.45, 2.75) is 32.2 Å². The van der Waals surface area contributed by atoms with Crippen molar-refractivity contribution in [1.82, 2.24) is 9.36 Å². The lowest BCUT2D eigenvalue weighted by Gasteiger charge is -2.22. The Morgan fingerprint density at radius 1 is 1.21 bits per heavy atom. The smallest absolute Gasteiger partial charge is 0.247 e. The first-order valence-corrected chi connectivity index (χ1v) is 10.1. The van der Waals surface area contributed by atoms with Crippen LogP contribution in [0.25, 0.3) is 0 Å². The number of hydrogen-bond acceptors (Lipinski definition) is 5. The summed E-state index contributed by atoms with van der Waals surface area (Å²) in [6, 6.07) is 13.9. The Morgan fingerprint density at radius 2 is 1.96 bits per heavy atom. The summed E-state index contributed by atoms with van der Waals surface area (Å²) in [5.41, 5.74) is 2.99. The lowest BCUT2D eigenvalue weighted by atomic mass is 10.1. The molecule has 1 saturated heterocycles. The van der Waals surface area contributed by atoms with Crippen molar-refractivity contribution in [3.63, 3.8) is 0 Å². The first-order chi connectivity index (χ1) is 13.6. The van der Waals surface area contributed by atoms with E-state index in [-0.39, 0.29) is 17.8 Å². The van der Waals surface area contributed by atoms with E-state index in [4.69, 9.17) is 0 Å². The molecule has 28 heavy (non-hydrogen) atoms. The molecule has 1 aromatic heterocycles. The molecule has 1 fully saturated rings. The molecule has 0 spiro atoms. The molecule has 1 aliphatic heterocycles. The van der Waals surface area contributed by atoms with Crippen LogP contribution in [0.3, 0.4) is 0 Å². The van der Waals surface area contributed by atoms with Crippen LogP contribution in [-0.4, -0.2) is 27.9 Å². The maximum Gasteiger partial charge on any atom is 0.247 e. The molecule has 5 nitrogen and oxygen atoms in total. The normalized spacial score (nSPS) is 16.4. The number of halogens is 1. The molecule has 3 aromatic rings. The lowest BCUT2D eigenvalue weighted by molar-refractivity contribution is -0.117. The van der Waals surface area contributed by atoms with E-state index >= 15 is 0 Å². The van der Waals surface area contributed by atoms with Crippen LogP contribution in [0.1, 0.15) is 29.8 Å². The molecule has 1 atom stereocenters. The number of nitrogens with one attached hydrogen (secondary N) is 1. The largest absolute Gasteiger partial charge is 0.335 e. The highest BCUT2D eigenvalue weighted by Gasteiger charge is 2.33. The zero-order chi connectivity index (χ0) is 19.5. The molecule has 0 unspecified atom stereocenters. The number of amides is 1. The highest BCUT2D eigenvalue weighted by atomic mass is 32.1. The van der Waals surface area contributed by atoms with Crippen LogP contribution in [-0.2, 0) is 11.2 Å². The van der Waals surface area contributed by atoms with Crippen molar-refractivity contribution in [2.75, 3.05) is 16.8 Å². The van der Waals surface area contributed by atoms with E-state index in [2.05, 4.69) is 45.9 Å². The number of anilines is 2. The van der Waals surface area contributed by atoms with Gasteiger partial charge >= 0.3 is 0 Å². The van der Waals surface area contributed by atoms with Gasteiger partial charge in [0.15, 0.2) is 0 Å². The summed E-state index contributed by atoms with van der Waals surface area (Å²) in [5.74, 6) is 0.350. The number of carbonyl (C=O) groups excluding carboxylic acids is 1. The van der Waals surface area contributed by atoms with E-state index in [1.165, 1.54) is 34.8 Å². The molecule has 1 aliphatic rings. The molecule has 4 rings (SSSR count). The van der Waals surface area contributed by atoms with Gasteiger partial charge in [-0.3, -0.25) is 4.79 Å². The Hall–Kier alpha value is -2.80. The fourth-order valence-corrected chi connectivity index (χ4v) is 4.11. The molecule has 0 saturated carbocycles. The Bertz CT molecular complexity index is 955. The minimum absolute atomic E-state index is 0.0978. The van der Waals surface area contributed by atoms with Gasteiger partial charge in [-0.25, -0.2) is 9.37 Å². The highest BCUT2D eigenvalue weighted by Crippen LogP contribution is 2.28. The van der Waals surface area contributed by atoms with Gasteiger partial charge in [-0.15, -0.1) is 0 Å². The van der Waals surface area contributed by atoms with Crippen LogP contribution in [0.4, 0.5) is 15.2 Å². The van der Waals surface area contributed by atoms with Crippen LogP contribution in [0.15, 0.2) is 48.5 Å². The van der Waals surface area contributed by atoms with Crippen molar-refractivity contribution in [2.24, 2.45) is 0 Å². The monoisotopic (exact) mass is 396 g/mol. The quantitative estimate of drug-likeness (QED) is 0.703. The third kappa shape index (κ3) is 4.20. The molecular formula is C21H21FN4OS. The van der Waals surface area contributed by atoms with Gasteiger partial charge in [-0.1, -0.05) is 29.8 Å². The summed E-state index contributed by atoms with van der Waals surface area (Å²) in [6.07, 6.45) is 2.37. The zero-order valence-electron chi connectivity index (χ0n) is 15.6. The average molecular weight is 396 g/mol. The summed E-state index contributed by atoms with van der Waals surface area (Å²) in [7, 11) is 0. The molecule has 0 radical (unpaired) electrons. The molecule has 2 aromatic carbocycles. The number of carbonyl (C=O) groups is 1. The van der Waals surface area contributed by atoms with Crippen LogP contribution < -0.4 is 10.2 Å². The topological polar surface area (TPSA) is 58.1 Å². The van der Waals surface area contributed by atoms with Gasteiger partial charge in [0.2, 0.25) is 11.0 Å². The summed E-state index contributed by atoms with van der Waals surface area (Å²) in [4.78, 5) is 19.4. The third-order valence-electron chi connectivity index (χ3n) is 4.85. The minimum atomic E-state index is -0.324. The highest BCUT2D eigenvalue weighted by molar-refractivity contribution is 7.09. The van der Waals surface area contributed by atoms with Crippen LogP contribution in [0.2, 0.25) is 0 Å². The van der Waals surface area contributed by atoms with E-state index in [0.29, 0.717) is 12.1 Å². The second-order valence-corrected chi connectivity index (χ2v) is 7.73. The average Bonchev–Trinajstić information content (AvgIpc) is 3.34. The number of rotatable bonds is 5. The van der Waals surface area contributed by atoms with Gasteiger partial charge in [-0.2, -0.15) is 4.37 Å². The van der Waals surface area contributed by atoms with Gasteiger partial charge in [0.25, 0.3) is 0 Å². The zero-order valence-corrected chi connectivity index (χ0v) is 16.4. The SMILES string of the molecule is Cc1ccc(Cc2nsc(N3CCC[C@H]3C(=O)Nc3ccc(F)cc3)n2)cc1. The third-order valence-corrected chi connectivity index (χ3v) is 5.64. The Labute approximate surface area is 167 Å². The molecule has 1 amide bonds. The van der Waals surface area contributed by atoms with Gasteiger partial charge in [0.1, 0.15) is 17.7 Å². The minimum Gasteiger partial charge on any atom is -0.335 e. The predicted octanol–water partition coefficient (Wildman–Crippen LogP) is 4.18. The molecule has 2 heterocycles. The maximum absolute atomic E-state index is 13.1. The van der Waals surface area contributed by atoms with Gasteiger partial charge < -0.3 is 10.2 Å². The van der Waals surface area contributed by atoms with Gasteiger partial charge in [-0.05, 0) is 49.6 Å². The predicted molar refractivity (Wildman–Crippen MR) is 109 cm³/mol. The molecule has 7 heteroatoms. The molecule has 1 N–H and O–H groups in total. The molecule has 0 bridgehead atoms. The fraction of sp³-hybridized carbons (Fsp3) is 0.286. The van der Waals surface area contributed by atoms with Gasteiger partial charge in [0, 0.05) is 30.2 Å². The van der Waals surface area contributed by atoms with E-state index < -0.39 is 0 Å². The van der Waals surface area contributed by atoms with E-state index in [0.717, 1.165) is 30.3 Å². The second-order valence-electron chi connectivity index (χ2n) is 7.00. The number of hydrogen-bond donors (Lipinski definition) is 1. The van der Waals surface area contributed by atoms with Crippen LogP contribution in [0, 0.1) is 12.7 Å². The second kappa shape index (κ2) is 8.06. The van der Waals surface area contributed by atoms with Crippen molar-refractivity contribution >= 4 is 28.3 Å². The summed E-state index contributed by atoms with van der Waals surface area (Å²) < 4.78 is 17.5. The Morgan fingerprint density at radius 3 is 2.71 bits per heavy atom. The van der Waals surface area contributed by atoms with Crippen molar-refractivity contribution in [3.8, 4) is 0 Å². The lowest BCUT2D eigenvalue weighted by Crippen LogP contribution is -2.39. The van der Waals surface area contributed by atoms with E-state index in [1.54, 1.807) is 12.1 Å². The Balaban J connectivity index is 1.44. The number of benzene rings is 2. The first-order valence-electron chi connectivity index (χ1n) is 9.30. The van der Waals surface area contributed by atoms with Crippen LogP contribution >= 0.6 is 11.5 Å². The van der Waals surface area contributed by atoms with Crippen molar-refractivity contribution in [1.29, 1.82) is 0 Å². The van der Waals surface area contributed by atoms with Crippen LogP contribution in [0.5, 0.6) is 0 Å². The maximum atomic E-state index is 13.1. The molecular weight excluding hydrogens is 375 g/mol. The number of aromatic nitrogens is 2. The first kappa shape index (κ1) is 18.6. The number of nitrogens with zero attached hydrogens (tertiary/aromatic N) is 3. The summed E-state index contributed by atoms with van der Waals surface area (Å²) in [5, 5.41) is 3.65. The number of aryl methyl sites for hydroxylation is 1. The van der Waals surface area contributed by atoms with E-state index in [1.807, 2.05) is 4.90 Å². The van der Waals surface area contributed by atoms with Crippen molar-refractivity contribution < 1.29 is 9.18 Å². The van der Waals surface area contributed by atoms with Crippen molar-refractivity contribution in [3.05, 3.63) is 71.3 Å². The van der Waals surface area contributed by atoms with E-state index in [9.17, 15) is 9.18 Å². The Kier molecular flexibility index (Phi) is 5.34. The standard InChI is InChI=1S/C21H21FN4OS/c1-14-4-6-15(7-5-14)13-19-24-21(28-25-19)26-12-2-3-18(26)20(27)23-17-10-8-16(22)9-11-17/h4-11,18H,2-3,12-13H2,1H3,(H,23,27)/t18-/m0/s1. The van der Waals surface area contributed by atoms with Gasteiger partial charge in [0.05, 0.1) is 0 Å². The molecule has 144 valence electrons. The fourth-order valence-electron chi connectivity index (χ4n) is 3.35. The summed E-state index contributed by atoms with van der Waals surface area (Å²) in [6.45, 7) is 2.84. The summed E-state index contributed by atoms with van der Waals surface area (Å²) >= 11 is 1.33. The molecule has 0 aliphatic carbocycles.